The average Bonchev–Trinajstić information content (AvgIpc) is 2.63. The Hall–Kier alpha value is -3.27. The van der Waals surface area contributed by atoms with E-state index in [-0.39, 0.29) is 5.96 Å². The van der Waals surface area contributed by atoms with Crippen LogP contribution in [-0.4, -0.2) is 5.96 Å². The maximum atomic E-state index is 5.51. The molecular weight excluding hydrogens is 308 g/mol. The molecule has 0 fully saturated rings. The van der Waals surface area contributed by atoms with Gasteiger partial charge in [0.05, 0.1) is 5.69 Å². The molecule has 3 aromatic rings. The average molecular weight is 330 g/mol. The molecule has 0 unspecified atom stereocenters. The molecule has 3 aromatic carbocycles. The molecule has 4 N–H and O–H groups in total. The summed E-state index contributed by atoms with van der Waals surface area (Å²) in [5.74, 6) is 0.0646. The first-order valence-electron chi connectivity index (χ1n) is 8.23. The minimum atomic E-state index is 0.0646. The van der Waals surface area contributed by atoms with Gasteiger partial charge in [0.2, 0.25) is 0 Å². The van der Waals surface area contributed by atoms with Crippen LogP contribution in [0.15, 0.2) is 89.9 Å². The van der Waals surface area contributed by atoms with Crippen molar-refractivity contribution in [3.8, 4) is 0 Å². The fourth-order valence-electron chi connectivity index (χ4n) is 2.75. The molecule has 3 rings (SSSR count). The summed E-state index contributed by atoms with van der Waals surface area (Å²) >= 11 is 0. The molecule has 4 heteroatoms. The Morgan fingerprint density at radius 2 is 1.28 bits per heavy atom. The second-order valence-electron chi connectivity index (χ2n) is 5.88. The van der Waals surface area contributed by atoms with Crippen molar-refractivity contribution in [1.82, 2.24) is 0 Å². The molecule has 0 radical (unpaired) electrons. The molecule has 0 aliphatic carbocycles. The molecule has 0 amide bonds. The fourth-order valence-corrected chi connectivity index (χ4v) is 2.75. The van der Waals surface area contributed by atoms with Crippen LogP contribution in [0.25, 0.3) is 0 Å². The van der Waals surface area contributed by atoms with Crippen molar-refractivity contribution in [2.24, 2.45) is 16.5 Å². The van der Waals surface area contributed by atoms with Crippen molar-refractivity contribution in [2.45, 2.75) is 13.1 Å². The van der Waals surface area contributed by atoms with Crippen molar-refractivity contribution < 1.29 is 0 Å². The third kappa shape index (κ3) is 4.85. The Kier molecular flexibility index (Phi) is 5.32. The van der Waals surface area contributed by atoms with Gasteiger partial charge in [-0.05, 0) is 29.3 Å². The number of hydrogen-bond acceptors (Lipinski definition) is 2. The van der Waals surface area contributed by atoms with Gasteiger partial charge in [0, 0.05) is 18.8 Å². The van der Waals surface area contributed by atoms with E-state index in [1.165, 1.54) is 11.1 Å². The van der Waals surface area contributed by atoms with Gasteiger partial charge in [0.15, 0.2) is 5.96 Å². The number of benzene rings is 3. The summed E-state index contributed by atoms with van der Waals surface area (Å²) < 4.78 is 0. The van der Waals surface area contributed by atoms with Gasteiger partial charge in [-0.25, -0.2) is 4.99 Å². The molecule has 0 aromatic heterocycles. The molecular formula is C21H22N4. The second kappa shape index (κ2) is 8.02. The van der Waals surface area contributed by atoms with Gasteiger partial charge >= 0.3 is 0 Å². The van der Waals surface area contributed by atoms with E-state index in [9.17, 15) is 0 Å². The summed E-state index contributed by atoms with van der Waals surface area (Å²) in [6.07, 6.45) is 0. The van der Waals surface area contributed by atoms with E-state index in [4.69, 9.17) is 11.5 Å². The van der Waals surface area contributed by atoms with E-state index in [1.807, 2.05) is 30.3 Å². The molecule has 0 saturated heterocycles. The summed E-state index contributed by atoms with van der Waals surface area (Å²) in [6, 6.07) is 28.8. The smallest absolute Gasteiger partial charge is 0.191 e. The van der Waals surface area contributed by atoms with E-state index in [1.54, 1.807) is 0 Å². The Balaban J connectivity index is 1.91. The Morgan fingerprint density at radius 1 is 0.720 bits per heavy atom. The van der Waals surface area contributed by atoms with E-state index >= 15 is 0 Å². The predicted molar refractivity (Wildman–Crippen MR) is 105 cm³/mol. The molecule has 25 heavy (non-hydrogen) atoms. The van der Waals surface area contributed by atoms with Crippen LogP contribution >= 0.6 is 0 Å². The molecule has 0 aliphatic heterocycles. The van der Waals surface area contributed by atoms with Crippen molar-refractivity contribution in [1.29, 1.82) is 0 Å². The van der Waals surface area contributed by atoms with Crippen LogP contribution in [0.1, 0.15) is 11.1 Å². The molecule has 0 atom stereocenters. The highest BCUT2D eigenvalue weighted by Crippen LogP contribution is 2.25. The van der Waals surface area contributed by atoms with Crippen molar-refractivity contribution >= 4 is 17.3 Å². The Morgan fingerprint density at radius 3 is 1.80 bits per heavy atom. The first-order chi connectivity index (χ1) is 12.2. The SMILES string of the molecule is NC(N)=Nc1cccc(N(Cc2ccccc2)Cc2ccccc2)c1. The Labute approximate surface area is 148 Å². The molecule has 126 valence electrons. The van der Waals surface area contributed by atoms with Crippen LogP contribution in [0, 0.1) is 0 Å². The van der Waals surface area contributed by atoms with E-state index in [0.29, 0.717) is 0 Å². The lowest BCUT2D eigenvalue weighted by molar-refractivity contribution is 0.800. The van der Waals surface area contributed by atoms with E-state index < -0.39 is 0 Å². The number of aliphatic imine (C=N–C) groups is 1. The largest absolute Gasteiger partial charge is 0.370 e. The zero-order chi connectivity index (χ0) is 17.5. The lowest BCUT2D eigenvalue weighted by Gasteiger charge is -2.25. The highest BCUT2D eigenvalue weighted by Gasteiger charge is 2.09. The van der Waals surface area contributed by atoms with Crippen molar-refractivity contribution in [3.63, 3.8) is 0 Å². The fraction of sp³-hybridized carbons (Fsp3) is 0.0952. The van der Waals surface area contributed by atoms with Gasteiger partial charge in [-0.1, -0.05) is 66.7 Å². The van der Waals surface area contributed by atoms with Crippen LogP contribution in [-0.2, 0) is 13.1 Å². The Bertz CT molecular complexity index is 783. The van der Waals surface area contributed by atoms with Crippen LogP contribution in [0.4, 0.5) is 11.4 Å². The number of nitrogens with two attached hydrogens (primary N) is 2. The quantitative estimate of drug-likeness (QED) is 0.533. The lowest BCUT2D eigenvalue weighted by Crippen LogP contribution is -2.23. The highest BCUT2D eigenvalue weighted by molar-refractivity contribution is 5.79. The van der Waals surface area contributed by atoms with Gasteiger partial charge in [0.25, 0.3) is 0 Å². The second-order valence-corrected chi connectivity index (χ2v) is 5.88. The maximum Gasteiger partial charge on any atom is 0.191 e. The van der Waals surface area contributed by atoms with Gasteiger partial charge in [-0.3, -0.25) is 0 Å². The zero-order valence-corrected chi connectivity index (χ0v) is 14.0. The van der Waals surface area contributed by atoms with Crippen LogP contribution in [0.3, 0.4) is 0 Å². The summed E-state index contributed by atoms with van der Waals surface area (Å²) in [6.45, 7) is 1.61. The number of hydrogen-bond donors (Lipinski definition) is 2. The first kappa shape index (κ1) is 16.6. The van der Waals surface area contributed by atoms with Crippen molar-refractivity contribution in [2.75, 3.05) is 4.90 Å². The van der Waals surface area contributed by atoms with Gasteiger partial charge < -0.3 is 16.4 Å². The standard InChI is InChI=1S/C21H22N4/c22-21(23)24-19-12-7-13-20(14-19)25(15-17-8-3-1-4-9-17)16-18-10-5-2-6-11-18/h1-14H,15-16H2,(H4,22,23,24). The molecule has 4 nitrogen and oxygen atoms in total. The molecule has 0 aliphatic rings. The summed E-state index contributed by atoms with van der Waals surface area (Å²) in [5.41, 5.74) is 15.4. The number of anilines is 1. The highest BCUT2D eigenvalue weighted by atomic mass is 15.1. The number of guanidine groups is 1. The number of nitrogens with zero attached hydrogens (tertiary/aromatic N) is 2. The van der Waals surface area contributed by atoms with Crippen LogP contribution < -0.4 is 16.4 Å². The predicted octanol–water partition coefficient (Wildman–Crippen LogP) is 3.80. The molecule has 0 heterocycles. The van der Waals surface area contributed by atoms with E-state index in [2.05, 4.69) is 64.5 Å². The first-order valence-corrected chi connectivity index (χ1v) is 8.23. The maximum absolute atomic E-state index is 5.51. The van der Waals surface area contributed by atoms with Crippen LogP contribution in [0.5, 0.6) is 0 Å². The third-order valence-corrected chi connectivity index (χ3v) is 3.89. The minimum Gasteiger partial charge on any atom is -0.370 e. The van der Waals surface area contributed by atoms with Crippen molar-refractivity contribution in [3.05, 3.63) is 96.1 Å². The van der Waals surface area contributed by atoms with Gasteiger partial charge in [-0.2, -0.15) is 0 Å². The van der Waals surface area contributed by atoms with Gasteiger partial charge in [-0.15, -0.1) is 0 Å². The lowest BCUT2D eigenvalue weighted by atomic mass is 10.1. The normalized spacial score (nSPS) is 10.2. The van der Waals surface area contributed by atoms with Crippen LogP contribution in [0.2, 0.25) is 0 Å². The molecule has 0 saturated carbocycles. The molecule has 0 bridgehead atoms. The summed E-state index contributed by atoms with van der Waals surface area (Å²) in [7, 11) is 0. The monoisotopic (exact) mass is 330 g/mol. The summed E-state index contributed by atoms with van der Waals surface area (Å²) in [4.78, 5) is 6.48. The molecule has 0 spiro atoms. The zero-order valence-electron chi connectivity index (χ0n) is 14.0. The topological polar surface area (TPSA) is 67.6 Å². The third-order valence-electron chi connectivity index (χ3n) is 3.89. The van der Waals surface area contributed by atoms with Gasteiger partial charge in [0.1, 0.15) is 0 Å². The van der Waals surface area contributed by atoms with E-state index in [0.717, 1.165) is 24.5 Å². The minimum absolute atomic E-state index is 0.0646. The summed E-state index contributed by atoms with van der Waals surface area (Å²) in [5, 5.41) is 0. The number of rotatable bonds is 6.